The second-order valence-electron chi connectivity index (χ2n) is 3.76. The minimum absolute atomic E-state index is 0.0497. The lowest BCUT2D eigenvalue weighted by atomic mass is 10.0. The van der Waals surface area contributed by atoms with Gasteiger partial charge in [-0.3, -0.25) is 14.9 Å². The molecule has 2 aromatic rings. The molecule has 0 spiro atoms. The van der Waals surface area contributed by atoms with E-state index in [0.717, 1.165) is 0 Å². The van der Waals surface area contributed by atoms with E-state index in [4.69, 9.17) is 5.11 Å². The number of H-pyrrole nitrogens is 1. The largest absolute Gasteiger partial charge is 0.481 e. The standard InChI is InChI=1S/C11H10N2O4/c1-6(11(14)15)8-5-12-10-7(8)3-2-4-9(10)13(16)17/h2-6,12H,1H3,(H,14,15). The van der Waals surface area contributed by atoms with Crippen LogP contribution in [-0.2, 0) is 4.79 Å². The Hall–Kier alpha value is -2.37. The number of non-ortho nitro benzene ring substituents is 1. The predicted molar refractivity (Wildman–Crippen MR) is 61.0 cm³/mol. The number of rotatable bonds is 3. The van der Waals surface area contributed by atoms with Crippen LogP contribution in [0.15, 0.2) is 24.4 Å². The van der Waals surface area contributed by atoms with Crippen molar-refractivity contribution in [2.45, 2.75) is 12.8 Å². The van der Waals surface area contributed by atoms with Crippen LogP contribution in [0, 0.1) is 10.1 Å². The summed E-state index contributed by atoms with van der Waals surface area (Å²) in [5.74, 6) is -1.66. The summed E-state index contributed by atoms with van der Waals surface area (Å²) < 4.78 is 0. The lowest BCUT2D eigenvalue weighted by Gasteiger charge is -2.03. The van der Waals surface area contributed by atoms with Gasteiger partial charge in [-0.15, -0.1) is 0 Å². The lowest BCUT2D eigenvalue weighted by Crippen LogP contribution is -2.06. The van der Waals surface area contributed by atoms with Gasteiger partial charge in [-0.25, -0.2) is 0 Å². The van der Waals surface area contributed by atoms with Crippen LogP contribution in [-0.4, -0.2) is 21.0 Å². The molecule has 0 fully saturated rings. The number of hydrogen-bond donors (Lipinski definition) is 2. The fourth-order valence-corrected chi connectivity index (χ4v) is 1.80. The Labute approximate surface area is 96.0 Å². The Morgan fingerprint density at radius 3 is 2.82 bits per heavy atom. The van der Waals surface area contributed by atoms with Crippen LogP contribution >= 0.6 is 0 Å². The molecular formula is C11H10N2O4. The molecule has 0 aliphatic heterocycles. The van der Waals surface area contributed by atoms with Crippen molar-refractivity contribution in [1.82, 2.24) is 4.98 Å². The van der Waals surface area contributed by atoms with E-state index < -0.39 is 16.8 Å². The van der Waals surface area contributed by atoms with Crippen LogP contribution in [0.2, 0.25) is 0 Å². The number of nitro benzene ring substituents is 1. The summed E-state index contributed by atoms with van der Waals surface area (Å²) in [5.41, 5.74) is 0.864. The normalized spacial score (nSPS) is 12.5. The number of aromatic amines is 1. The topological polar surface area (TPSA) is 96.2 Å². The van der Waals surface area contributed by atoms with Crippen molar-refractivity contribution in [2.75, 3.05) is 0 Å². The van der Waals surface area contributed by atoms with E-state index in [1.54, 1.807) is 19.1 Å². The molecule has 1 atom stereocenters. The van der Waals surface area contributed by atoms with E-state index in [9.17, 15) is 14.9 Å². The molecule has 1 aromatic carbocycles. The summed E-state index contributed by atoms with van der Waals surface area (Å²) in [4.78, 5) is 24.0. The molecule has 1 aromatic heterocycles. The molecule has 1 unspecified atom stereocenters. The van der Waals surface area contributed by atoms with Crippen molar-refractivity contribution < 1.29 is 14.8 Å². The molecule has 0 radical (unpaired) electrons. The number of nitro groups is 1. The van der Waals surface area contributed by atoms with Crippen LogP contribution in [0.5, 0.6) is 0 Å². The first kappa shape index (κ1) is 11.1. The third kappa shape index (κ3) is 1.73. The van der Waals surface area contributed by atoms with Crippen molar-refractivity contribution in [1.29, 1.82) is 0 Å². The van der Waals surface area contributed by atoms with Gasteiger partial charge in [0.25, 0.3) is 5.69 Å². The number of para-hydroxylation sites is 1. The first-order valence-corrected chi connectivity index (χ1v) is 4.99. The number of aromatic nitrogens is 1. The second-order valence-corrected chi connectivity index (χ2v) is 3.76. The average Bonchev–Trinajstić information content (AvgIpc) is 2.70. The predicted octanol–water partition coefficient (Wildman–Crippen LogP) is 2.26. The van der Waals surface area contributed by atoms with E-state index in [1.807, 2.05) is 0 Å². The van der Waals surface area contributed by atoms with Gasteiger partial charge in [0.2, 0.25) is 0 Å². The Balaban J connectivity index is 2.66. The minimum Gasteiger partial charge on any atom is -0.481 e. The Kier molecular flexibility index (Phi) is 2.55. The maximum atomic E-state index is 10.9. The molecule has 6 nitrogen and oxygen atoms in total. The highest BCUT2D eigenvalue weighted by atomic mass is 16.6. The van der Waals surface area contributed by atoms with Crippen molar-refractivity contribution in [3.8, 4) is 0 Å². The average molecular weight is 234 g/mol. The second kappa shape index (κ2) is 3.89. The summed E-state index contributed by atoms with van der Waals surface area (Å²) in [7, 11) is 0. The monoisotopic (exact) mass is 234 g/mol. The number of aliphatic carboxylic acids is 1. The van der Waals surface area contributed by atoms with Crippen molar-refractivity contribution in [3.05, 3.63) is 40.1 Å². The summed E-state index contributed by atoms with van der Waals surface area (Å²) >= 11 is 0. The minimum atomic E-state index is -0.961. The molecule has 88 valence electrons. The summed E-state index contributed by atoms with van der Waals surface area (Å²) in [6.07, 6.45) is 1.51. The first-order chi connectivity index (χ1) is 8.02. The zero-order valence-corrected chi connectivity index (χ0v) is 9.01. The number of hydrogen-bond acceptors (Lipinski definition) is 3. The van der Waals surface area contributed by atoms with Crippen LogP contribution in [0.3, 0.4) is 0 Å². The van der Waals surface area contributed by atoms with Crippen LogP contribution in [0.25, 0.3) is 10.9 Å². The number of carboxylic acids is 1. The maximum absolute atomic E-state index is 10.9. The van der Waals surface area contributed by atoms with Gasteiger partial charge in [-0.2, -0.15) is 0 Å². The highest BCUT2D eigenvalue weighted by Gasteiger charge is 2.21. The molecule has 0 saturated heterocycles. The van der Waals surface area contributed by atoms with Gasteiger partial charge in [-0.1, -0.05) is 12.1 Å². The van der Waals surface area contributed by atoms with E-state index >= 15 is 0 Å². The van der Waals surface area contributed by atoms with E-state index in [1.165, 1.54) is 12.3 Å². The van der Waals surface area contributed by atoms with Gasteiger partial charge in [0.1, 0.15) is 5.52 Å². The lowest BCUT2D eigenvalue weighted by molar-refractivity contribution is -0.383. The Morgan fingerprint density at radius 2 is 2.24 bits per heavy atom. The smallest absolute Gasteiger partial charge is 0.310 e. The quantitative estimate of drug-likeness (QED) is 0.628. The molecule has 0 aliphatic rings. The highest BCUT2D eigenvalue weighted by Crippen LogP contribution is 2.30. The number of nitrogens with zero attached hydrogens (tertiary/aromatic N) is 1. The number of carbonyl (C=O) groups is 1. The van der Waals surface area contributed by atoms with Crippen LogP contribution < -0.4 is 0 Å². The molecule has 1 heterocycles. The van der Waals surface area contributed by atoms with Gasteiger partial charge >= 0.3 is 5.97 Å². The third-order valence-electron chi connectivity index (χ3n) is 2.76. The van der Waals surface area contributed by atoms with E-state index in [2.05, 4.69) is 4.98 Å². The zero-order chi connectivity index (χ0) is 12.6. The van der Waals surface area contributed by atoms with Crippen molar-refractivity contribution in [2.24, 2.45) is 0 Å². The number of fused-ring (bicyclic) bond motifs is 1. The highest BCUT2D eigenvalue weighted by molar-refractivity contribution is 5.94. The molecule has 0 amide bonds. The van der Waals surface area contributed by atoms with Gasteiger partial charge in [-0.05, 0) is 12.5 Å². The molecular weight excluding hydrogens is 224 g/mol. The van der Waals surface area contributed by atoms with Crippen LogP contribution in [0.1, 0.15) is 18.4 Å². The Bertz CT molecular complexity index is 603. The van der Waals surface area contributed by atoms with E-state index in [0.29, 0.717) is 16.5 Å². The van der Waals surface area contributed by atoms with Gasteiger partial charge in [0.05, 0.1) is 10.8 Å². The van der Waals surface area contributed by atoms with Crippen molar-refractivity contribution >= 4 is 22.6 Å². The molecule has 0 bridgehead atoms. The first-order valence-electron chi connectivity index (χ1n) is 4.99. The fourth-order valence-electron chi connectivity index (χ4n) is 1.80. The summed E-state index contributed by atoms with van der Waals surface area (Å²) in [6, 6.07) is 4.61. The molecule has 2 N–H and O–H groups in total. The van der Waals surface area contributed by atoms with Gasteiger partial charge in [0.15, 0.2) is 0 Å². The number of carboxylic acid groups (broad SMARTS) is 1. The van der Waals surface area contributed by atoms with Gasteiger partial charge < -0.3 is 10.1 Å². The number of benzene rings is 1. The number of nitrogens with one attached hydrogen (secondary N) is 1. The Morgan fingerprint density at radius 1 is 1.53 bits per heavy atom. The fraction of sp³-hybridized carbons (Fsp3) is 0.182. The SMILES string of the molecule is CC(C(=O)O)c1c[nH]c2c([N+](=O)[O-])cccc12. The summed E-state index contributed by atoms with van der Waals surface area (Å²) in [5, 5.41) is 20.3. The van der Waals surface area contributed by atoms with Gasteiger partial charge in [0, 0.05) is 17.6 Å². The van der Waals surface area contributed by atoms with E-state index in [-0.39, 0.29) is 5.69 Å². The molecule has 2 rings (SSSR count). The van der Waals surface area contributed by atoms with Crippen molar-refractivity contribution in [3.63, 3.8) is 0 Å². The molecule has 0 saturated carbocycles. The maximum Gasteiger partial charge on any atom is 0.310 e. The molecule has 0 aliphatic carbocycles. The summed E-state index contributed by atoms with van der Waals surface area (Å²) in [6.45, 7) is 1.55. The third-order valence-corrected chi connectivity index (χ3v) is 2.76. The zero-order valence-electron chi connectivity index (χ0n) is 9.01. The molecule has 17 heavy (non-hydrogen) atoms. The molecule has 6 heteroatoms. The van der Waals surface area contributed by atoms with Crippen LogP contribution in [0.4, 0.5) is 5.69 Å².